The number of nitrogens with zero attached hydrogens (tertiary/aromatic N) is 2. The van der Waals surface area contributed by atoms with Gasteiger partial charge in [0.25, 0.3) is 11.8 Å². The molecule has 5 rings (SSSR count). The smallest absolute Gasteiger partial charge is 0.267 e. The first-order chi connectivity index (χ1) is 14.8. The third-order valence-electron chi connectivity index (χ3n) is 5.97. The number of nitrogens with one attached hydrogen (secondary N) is 2. The first-order valence-electron chi connectivity index (χ1n) is 10.3. The number of carbonyl (C=O) groups is 2. The van der Waals surface area contributed by atoms with Crippen LogP contribution in [-0.4, -0.2) is 45.7 Å². The number of thiophene rings is 1. The molecule has 1 aromatic carbocycles. The first kappa shape index (κ1) is 20.1. The summed E-state index contributed by atoms with van der Waals surface area (Å²) in [6.45, 7) is 1.40. The number of para-hydroxylation sites is 2. The second kappa shape index (κ2) is 7.40. The van der Waals surface area contributed by atoms with Crippen LogP contribution >= 0.6 is 11.3 Å². The van der Waals surface area contributed by atoms with Gasteiger partial charge < -0.3 is 15.2 Å². The van der Waals surface area contributed by atoms with Gasteiger partial charge in [-0.25, -0.2) is 13.8 Å². The zero-order valence-corrected chi connectivity index (χ0v) is 17.7. The number of halogens is 2. The molecule has 2 aliphatic rings. The average Bonchev–Trinajstić information content (AvgIpc) is 3.07. The number of H-pyrrole nitrogens is 1. The van der Waals surface area contributed by atoms with Gasteiger partial charge in [0.05, 0.1) is 28.5 Å². The standard InChI is InChI=1S/C22H22F2N4O2S/c1-12(17-6-7-18(31-17)21(30)28-9-8-22(23,24)11-28)25-20(29)14-10-13(14)19-26-15-4-2-3-5-16(15)27-19/h2-7,12-14H,8-11H2,1H3,(H,25,29)(H,26,27)/t12-,13-,14-/m1/s1. The minimum Gasteiger partial charge on any atom is -0.349 e. The van der Waals surface area contributed by atoms with Gasteiger partial charge in [-0.05, 0) is 37.6 Å². The highest BCUT2D eigenvalue weighted by Gasteiger charge is 2.46. The number of benzene rings is 1. The van der Waals surface area contributed by atoms with Gasteiger partial charge in [0.15, 0.2) is 0 Å². The van der Waals surface area contributed by atoms with Crippen LogP contribution in [0.25, 0.3) is 11.0 Å². The number of amides is 2. The fourth-order valence-corrected chi connectivity index (χ4v) is 5.07. The lowest BCUT2D eigenvalue weighted by molar-refractivity contribution is -0.123. The number of hydrogen-bond donors (Lipinski definition) is 2. The Balaban J connectivity index is 1.19. The molecule has 2 N–H and O–H groups in total. The number of fused-ring (bicyclic) bond motifs is 1. The Morgan fingerprint density at radius 1 is 1.29 bits per heavy atom. The molecule has 3 atom stereocenters. The summed E-state index contributed by atoms with van der Waals surface area (Å²) < 4.78 is 26.8. The van der Waals surface area contributed by atoms with Crippen molar-refractivity contribution in [2.75, 3.05) is 13.1 Å². The molecule has 1 aliphatic heterocycles. The lowest BCUT2D eigenvalue weighted by Crippen LogP contribution is -2.30. The maximum atomic E-state index is 13.4. The molecule has 162 valence electrons. The maximum absolute atomic E-state index is 13.4. The molecule has 0 bridgehead atoms. The van der Waals surface area contributed by atoms with E-state index >= 15 is 0 Å². The molecule has 3 aromatic rings. The second-order valence-corrected chi connectivity index (χ2v) is 9.47. The van der Waals surface area contributed by atoms with Crippen LogP contribution in [0.4, 0.5) is 8.78 Å². The van der Waals surface area contributed by atoms with Crippen molar-refractivity contribution in [2.24, 2.45) is 5.92 Å². The number of likely N-dealkylation sites (tertiary alicyclic amines) is 1. The van der Waals surface area contributed by atoms with Crippen LogP contribution in [0.15, 0.2) is 36.4 Å². The quantitative estimate of drug-likeness (QED) is 0.622. The van der Waals surface area contributed by atoms with Crippen LogP contribution in [0.1, 0.15) is 52.1 Å². The Bertz CT molecular complexity index is 1120. The first-order valence-corrected chi connectivity index (χ1v) is 11.1. The Labute approximate surface area is 181 Å². The van der Waals surface area contributed by atoms with Gasteiger partial charge in [0, 0.05) is 29.7 Å². The van der Waals surface area contributed by atoms with E-state index in [4.69, 9.17) is 0 Å². The summed E-state index contributed by atoms with van der Waals surface area (Å²) in [5.74, 6) is -2.44. The number of aromatic amines is 1. The fourth-order valence-electron chi connectivity index (χ4n) is 4.09. The number of alkyl halides is 2. The van der Waals surface area contributed by atoms with Crippen molar-refractivity contribution in [1.82, 2.24) is 20.2 Å². The van der Waals surface area contributed by atoms with Crippen molar-refractivity contribution in [3.05, 3.63) is 52.0 Å². The zero-order valence-electron chi connectivity index (χ0n) is 16.9. The van der Waals surface area contributed by atoms with E-state index in [9.17, 15) is 18.4 Å². The minimum absolute atomic E-state index is 0.0431. The summed E-state index contributed by atoms with van der Waals surface area (Å²) in [5, 5.41) is 3.01. The predicted octanol–water partition coefficient (Wildman–Crippen LogP) is 4.09. The van der Waals surface area contributed by atoms with Crippen LogP contribution in [0.5, 0.6) is 0 Å². The third-order valence-corrected chi connectivity index (χ3v) is 7.22. The van der Waals surface area contributed by atoms with Gasteiger partial charge in [0.1, 0.15) is 5.82 Å². The van der Waals surface area contributed by atoms with Crippen molar-refractivity contribution in [3.8, 4) is 0 Å². The van der Waals surface area contributed by atoms with E-state index in [2.05, 4.69) is 15.3 Å². The molecule has 2 aromatic heterocycles. The Kier molecular flexibility index (Phi) is 4.80. The lowest BCUT2D eigenvalue weighted by Gasteiger charge is -2.15. The van der Waals surface area contributed by atoms with Gasteiger partial charge in [-0.15, -0.1) is 11.3 Å². The van der Waals surface area contributed by atoms with Gasteiger partial charge in [0.2, 0.25) is 5.91 Å². The molecule has 3 heterocycles. The van der Waals surface area contributed by atoms with E-state index < -0.39 is 12.5 Å². The van der Waals surface area contributed by atoms with E-state index in [0.29, 0.717) is 4.88 Å². The predicted molar refractivity (Wildman–Crippen MR) is 113 cm³/mol. The number of aromatic nitrogens is 2. The number of hydrogen-bond acceptors (Lipinski definition) is 4. The Hall–Kier alpha value is -2.81. The van der Waals surface area contributed by atoms with Gasteiger partial charge in [-0.1, -0.05) is 12.1 Å². The zero-order chi connectivity index (χ0) is 21.8. The third kappa shape index (κ3) is 3.94. The number of carbonyl (C=O) groups excluding carboxylic acids is 2. The highest BCUT2D eigenvalue weighted by Crippen LogP contribution is 2.47. The molecular weight excluding hydrogens is 422 g/mol. The number of rotatable bonds is 5. The molecule has 1 saturated heterocycles. The molecule has 1 saturated carbocycles. The lowest BCUT2D eigenvalue weighted by atomic mass is 10.2. The summed E-state index contributed by atoms with van der Waals surface area (Å²) in [4.78, 5) is 35.5. The van der Waals surface area contributed by atoms with Crippen molar-refractivity contribution >= 4 is 34.2 Å². The average molecular weight is 445 g/mol. The summed E-state index contributed by atoms with van der Waals surface area (Å²) in [6.07, 6.45) is 0.451. The Morgan fingerprint density at radius 2 is 2.10 bits per heavy atom. The van der Waals surface area contributed by atoms with Crippen molar-refractivity contribution in [3.63, 3.8) is 0 Å². The highest BCUT2D eigenvalue weighted by molar-refractivity contribution is 7.14. The molecule has 2 fully saturated rings. The normalized spacial score (nSPS) is 23.1. The molecule has 1 aliphatic carbocycles. The van der Waals surface area contributed by atoms with E-state index in [1.807, 2.05) is 31.2 Å². The molecule has 2 amide bonds. The summed E-state index contributed by atoms with van der Waals surface area (Å²) >= 11 is 1.24. The molecule has 0 spiro atoms. The van der Waals surface area contributed by atoms with Crippen LogP contribution in [0.2, 0.25) is 0 Å². The van der Waals surface area contributed by atoms with Crippen molar-refractivity contribution in [2.45, 2.75) is 37.6 Å². The van der Waals surface area contributed by atoms with Crippen LogP contribution in [-0.2, 0) is 4.79 Å². The second-order valence-electron chi connectivity index (χ2n) is 8.35. The van der Waals surface area contributed by atoms with Crippen LogP contribution in [0.3, 0.4) is 0 Å². The SMILES string of the molecule is C[C@@H](NC(=O)[C@@H]1C[C@H]1c1nc2ccccc2[nH]1)c1ccc(C(=O)N2CCC(F)(F)C2)s1. The largest absolute Gasteiger partial charge is 0.349 e. The topological polar surface area (TPSA) is 78.1 Å². The summed E-state index contributed by atoms with van der Waals surface area (Å²) in [6, 6.07) is 10.9. The van der Waals surface area contributed by atoms with E-state index in [1.165, 1.54) is 16.2 Å². The molecule has 31 heavy (non-hydrogen) atoms. The van der Waals surface area contributed by atoms with Crippen molar-refractivity contribution < 1.29 is 18.4 Å². The Morgan fingerprint density at radius 3 is 2.84 bits per heavy atom. The molecular formula is C22H22F2N4O2S. The number of imidazole rings is 1. The van der Waals surface area contributed by atoms with E-state index in [1.54, 1.807) is 12.1 Å². The minimum atomic E-state index is -2.81. The van der Waals surface area contributed by atoms with Gasteiger partial charge in [-0.2, -0.15) is 0 Å². The van der Waals surface area contributed by atoms with Gasteiger partial charge >= 0.3 is 0 Å². The summed E-state index contributed by atoms with van der Waals surface area (Å²) in [5.41, 5.74) is 1.85. The highest BCUT2D eigenvalue weighted by atomic mass is 32.1. The fraction of sp³-hybridized carbons (Fsp3) is 0.409. The van der Waals surface area contributed by atoms with Gasteiger partial charge in [-0.3, -0.25) is 9.59 Å². The molecule has 6 nitrogen and oxygen atoms in total. The van der Waals surface area contributed by atoms with E-state index in [-0.39, 0.29) is 42.7 Å². The van der Waals surface area contributed by atoms with E-state index in [0.717, 1.165) is 28.2 Å². The monoisotopic (exact) mass is 444 g/mol. The molecule has 9 heteroatoms. The van der Waals surface area contributed by atoms with Crippen LogP contribution < -0.4 is 5.32 Å². The van der Waals surface area contributed by atoms with Crippen molar-refractivity contribution in [1.29, 1.82) is 0 Å². The maximum Gasteiger partial charge on any atom is 0.267 e. The molecule has 0 radical (unpaired) electrons. The molecule has 0 unspecified atom stereocenters. The summed E-state index contributed by atoms with van der Waals surface area (Å²) in [7, 11) is 0. The van der Waals surface area contributed by atoms with Crippen LogP contribution in [0, 0.1) is 5.92 Å².